The van der Waals surface area contributed by atoms with E-state index in [1.807, 2.05) is 60.7 Å². The highest BCUT2D eigenvalue weighted by Gasteiger charge is 2.00. The maximum atomic E-state index is 11.1. The minimum Gasteiger partial charge on any atom is -0.497 e. The van der Waals surface area contributed by atoms with E-state index in [1.165, 1.54) is 11.8 Å². The van der Waals surface area contributed by atoms with Crippen LogP contribution in [0.2, 0.25) is 0 Å². The van der Waals surface area contributed by atoms with Crippen LogP contribution < -0.4 is 4.74 Å². The average Bonchev–Trinajstić information content (AvgIpc) is 2.48. The van der Waals surface area contributed by atoms with Crippen LogP contribution in [0.15, 0.2) is 64.4 Å². The maximum Gasteiger partial charge on any atom is 0.156 e. The first-order valence-electron chi connectivity index (χ1n) is 5.85. The summed E-state index contributed by atoms with van der Waals surface area (Å²) in [5, 5.41) is 0. The molecule has 0 aliphatic rings. The third-order valence-electron chi connectivity index (χ3n) is 2.52. The molecule has 0 saturated carbocycles. The lowest BCUT2D eigenvalue weighted by Crippen LogP contribution is -1.83. The molecular weight excluding hydrogens is 256 g/mol. The van der Waals surface area contributed by atoms with Gasteiger partial charge < -0.3 is 4.74 Å². The second kappa shape index (κ2) is 6.81. The lowest BCUT2D eigenvalue weighted by Gasteiger charge is -2.02. The van der Waals surface area contributed by atoms with Gasteiger partial charge in [0.05, 0.1) is 12.0 Å². The predicted octanol–water partition coefficient (Wildman–Crippen LogP) is 4.03. The zero-order valence-electron chi connectivity index (χ0n) is 10.6. The Morgan fingerprint density at radius 3 is 2.32 bits per heavy atom. The van der Waals surface area contributed by atoms with Gasteiger partial charge in [-0.3, -0.25) is 4.79 Å². The number of ether oxygens (including phenoxy) is 1. The van der Waals surface area contributed by atoms with Crippen molar-refractivity contribution in [3.63, 3.8) is 0 Å². The summed E-state index contributed by atoms with van der Waals surface area (Å²) in [5.74, 6) is 0.806. The third-order valence-corrected chi connectivity index (χ3v) is 3.48. The third kappa shape index (κ3) is 4.00. The summed E-state index contributed by atoms with van der Waals surface area (Å²) in [6, 6.07) is 17.4. The number of allylic oxidation sites excluding steroid dienone is 1. The highest BCUT2D eigenvalue weighted by molar-refractivity contribution is 8.04. The van der Waals surface area contributed by atoms with E-state index in [0.29, 0.717) is 4.91 Å². The Morgan fingerprint density at radius 2 is 1.74 bits per heavy atom. The van der Waals surface area contributed by atoms with Crippen LogP contribution in [0.25, 0.3) is 6.08 Å². The smallest absolute Gasteiger partial charge is 0.156 e. The Morgan fingerprint density at radius 1 is 1.05 bits per heavy atom. The molecule has 0 aromatic heterocycles. The number of aldehydes is 1. The first-order chi connectivity index (χ1) is 9.31. The summed E-state index contributed by atoms with van der Waals surface area (Å²) < 4.78 is 5.10. The molecule has 0 atom stereocenters. The second-order valence-corrected chi connectivity index (χ2v) is 5.00. The van der Waals surface area contributed by atoms with Gasteiger partial charge in [-0.15, -0.1) is 0 Å². The van der Waals surface area contributed by atoms with Crippen LogP contribution in [0.1, 0.15) is 5.56 Å². The molecule has 3 heteroatoms. The monoisotopic (exact) mass is 270 g/mol. The van der Waals surface area contributed by atoms with Crippen molar-refractivity contribution in [2.75, 3.05) is 7.11 Å². The van der Waals surface area contributed by atoms with Crippen molar-refractivity contribution < 1.29 is 9.53 Å². The van der Waals surface area contributed by atoms with E-state index in [9.17, 15) is 4.79 Å². The summed E-state index contributed by atoms with van der Waals surface area (Å²) in [5.41, 5.74) is 0.978. The van der Waals surface area contributed by atoms with E-state index < -0.39 is 0 Å². The summed E-state index contributed by atoms with van der Waals surface area (Å²) in [6.45, 7) is 0. The molecule has 96 valence electrons. The first kappa shape index (κ1) is 13.4. The molecule has 0 amide bonds. The van der Waals surface area contributed by atoms with Gasteiger partial charge >= 0.3 is 0 Å². The molecule has 0 spiro atoms. The average molecular weight is 270 g/mol. The van der Waals surface area contributed by atoms with Gasteiger partial charge in [0, 0.05) is 4.90 Å². The minimum absolute atomic E-state index is 0.677. The van der Waals surface area contributed by atoms with Crippen molar-refractivity contribution in [3.05, 3.63) is 65.1 Å². The van der Waals surface area contributed by atoms with Crippen LogP contribution in [0.3, 0.4) is 0 Å². The predicted molar refractivity (Wildman–Crippen MR) is 79.3 cm³/mol. The lowest BCUT2D eigenvalue weighted by atomic mass is 10.2. The SMILES string of the molecule is COc1ccc(/C=C(/C=O)Sc2ccccc2)cc1. The number of rotatable bonds is 5. The first-order valence-corrected chi connectivity index (χ1v) is 6.67. The van der Waals surface area contributed by atoms with Crippen LogP contribution in [0, 0.1) is 0 Å². The molecule has 0 N–H and O–H groups in total. The molecule has 0 bridgehead atoms. The number of thioether (sulfide) groups is 1. The molecule has 0 heterocycles. The van der Waals surface area contributed by atoms with Crippen LogP contribution in [0.5, 0.6) is 5.75 Å². The van der Waals surface area contributed by atoms with Crippen molar-refractivity contribution in [2.24, 2.45) is 0 Å². The molecule has 2 rings (SSSR count). The topological polar surface area (TPSA) is 26.3 Å². The number of benzene rings is 2. The molecule has 2 aromatic rings. The molecule has 0 aliphatic heterocycles. The summed E-state index contributed by atoms with van der Waals surface area (Å²) in [4.78, 5) is 12.9. The summed E-state index contributed by atoms with van der Waals surface area (Å²) in [7, 11) is 1.63. The fourth-order valence-corrected chi connectivity index (χ4v) is 2.39. The van der Waals surface area contributed by atoms with Crippen molar-refractivity contribution in [2.45, 2.75) is 4.90 Å². The van der Waals surface area contributed by atoms with E-state index in [0.717, 1.165) is 22.5 Å². The van der Waals surface area contributed by atoms with E-state index in [4.69, 9.17) is 4.74 Å². The molecule has 0 fully saturated rings. The maximum absolute atomic E-state index is 11.1. The number of carbonyl (C=O) groups is 1. The highest BCUT2D eigenvalue weighted by atomic mass is 32.2. The molecule has 0 radical (unpaired) electrons. The molecule has 2 aromatic carbocycles. The van der Waals surface area contributed by atoms with Crippen LogP contribution in [0.4, 0.5) is 0 Å². The largest absolute Gasteiger partial charge is 0.497 e. The molecule has 0 saturated heterocycles. The van der Waals surface area contributed by atoms with Crippen LogP contribution in [-0.4, -0.2) is 13.4 Å². The van der Waals surface area contributed by atoms with E-state index in [2.05, 4.69) is 0 Å². The van der Waals surface area contributed by atoms with Gasteiger partial charge in [0.1, 0.15) is 5.75 Å². The number of hydrogen-bond acceptors (Lipinski definition) is 3. The van der Waals surface area contributed by atoms with Gasteiger partial charge in [-0.05, 0) is 35.9 Å². The van der Waals surface area contributed by atoms with Gasteiger partial charge in [0.2, 0.25) is 0 Å². The minimum atomic E-state index is 0.677. The fraction of sp³-hybridized carbons (Fsp3) is 0.0625. The second-order valence-electron chi connectivity index (χ2n) is 3.85. The highest BCUT2D eigenvalue weighted by Crippen LogP contribution is 2.26. The summed E-state index contributed by atoms with van der Waals surface area (Å²) >= 11 is 1.46. The molecule has 19 heavy (non-hydrogen) atoms. The van der Waals surface area contributed by atoms with Crippen molar-refractivity contribution in [3.8, 4) is 5.75 Å². The van der Waals surface area contributed by atoms with Gasteiger partial charge in [0.15, 0.2) is 6.29 Å². The molecule has 0 unspecified atom stereocenters. The Bertz CT molecular complexity index is 559. The standard InChI is InChI=1S/C16H14O2S/c1-18-14-9-7-13(8-10-14)11-16(12-17)19-15-5-3-2-4-6-15/h2-12H,1H3/b16-11-. The van der Waals surface area contributed by atoms with Crippen LogP contribution >= 0.6 is 11.8 Å². The van der Waals surface area contributed by atoms with Crippen molar-refractivity contribution >= 4 is 24.1 Å². The van der Waals surface area contributed by atoms with Gasteiger partial charge in [-0.25, -0.2) is 0 Å². The Balaban J connectivity index is 2.16. The Kier molecular flexibility index (Phi) is 4.81. The molecular formula is C16H14O2S. The van der Waals surface area contributed by atoms with E-state index in [1.54, 1.807) is 7.11 Å². The zero-order chi connectivity index (χ0) is 13.5. The molecule has 2 nitrogen and oxygen atoms in total. The molecule has 0 aliphatic carbocycles. The quantitative estimate of drug-likeness (QED) is 0.466. The number of hydrogen-bond donors (Lipinski definition) is 0. The Hall–Kier alpha value is -2.00. The van der Waals surface area contributed by atoms with E-state index in [-0.39, 0.29) is 0 Å². The lowest BCUT2D eigenvalue weighted by molar-refractivity contribution is -0.104. The fourth-order valence-electron chi connectivity index (χ4n) is 1.58. The number of carbonyl (C=O) groups excluding carboxylic acids is 1. The van der Waals surface area contributed by atoms with Gasteiger partial charge in [0.25, 0.3) is 0 Å². The summed E-state index contributed by atoms with van der Waals surface area (Å²) in [6.07, 6.45) is 2.74. The van der Waals surface area contributed by atoms with Crippen molar-refractivity contribution in [1.82, 2.24) is 0 Å². The zero-order valence-corrected chi connectivity index (χ0v) is 11.4. The van der Waals surface area contributed by atoms with Gasteiger partial charge in [-0.2, -0.15) is 0 Å². The van der Waals surface area contributed by atoms with E-state index >= 15 is 0 Å². The Labute approximate surface area is 117 Å². The normalized spacial score (nSPS) is 11.1. The van der Waals surface area contributed by atoms with Crippen LogP contribution in [-0.2, 0) is 4.79 Å². The van der Waals surface area contributed by atoms with Crippen molar-refractivity contribution in [1.29, 1.82) is 0 Å². The van der Waals surface area contributed by atoms with Gasteiger partial charge in [-0.1, -0.05) is 42.1 Å². The number of methoxy groups -OCH3 is 1.